The van der Waals surface area contributed by atoms with Crippen molar-refractivity contribution in [1.82, 2.24) is 4.72 Å². The maximum absolute atomic E-state index is 11.9. The Morgan fingerprint density at radius 2 is 1.89 bits per heavy atom. The quantitative estimate of drug-likeness (QED) is 0.832. The fourth-order valence-electron chi connectivity index (χ4n) is 1.30. The van der Waals surface area contributed by atoms with Gasteiger partial charge in [-0.2, -0.15) is 0 Å². The van der Waals surface area contributed by atoms with Crippen molar-refractivity contribution in [3.8, 4) is 0 Å². The highest BCUT2D eigenvalue weighted by Gasteiger charge is 2.11. The average molecular weight is 265 g/mol. The molecule has 1 rings (SSSR count). The van der Waals surface area contributed by atoms with Gasteiger partial charge in [0.05, 0.1) is 4.90 Å². The highest BCUT2D eigenvalue weighted by atomic mass is 32.2. The molecule has 0 aliphatic rings. The lowest BCUT2D eigenvalue weighted by atomic mass is 10.2. The van der Waals surface area contributed by atoms with E-state index in [9.17, 15) is 8.42 Å². The predicted molar refractivity (Wildman–Crippen MR) is 74.9 cm³/mol. The summed E-state index contributed by atoms with van der Waals surface area (Å²) in [7, 11) is -3.40. The van der Waals surface area contributed by atoms with Crippen LogP contribution in [0, 0.1) is 6.92 Å². The van der Waals surface area contributed by atoms with E-state index in [0.29, 0.717) is 11.4 Å². The van der Waals surface area contributed by atoms with E-state index in [4.69, 9.17) is 0 Å². The van der Waals surface area contributed by atoms with Crippen LogP contribution < -0.4 is 4.72 Å². The number of sulfonamides is 1. The lowest BCUT2D eigenvalue weighted by Gasteiger charge is -2.04. The lowest BCUT2D eigenvalue weighted by Crippen LogP contribution is -2.23. The summed E-state index contributed by atoms with van der Waals surface area (Å²) in [4.78, 5) is 0.296. The summed E-state index contributed by atoms with van der Waals surface area (Å²) < 4.78 is 26.3. The number of hydrogen-bond donors (Lipinski definition) is 1. The number of aryl methyl sites for hydroxylation is 1. The van der Waals surface area contributed by atoms with E-state index in [1.54, 1.807) is 30.3 Å². The van der Waals surface area contributed by atoms with E-state index in [0.717, 1.165) is 11.1 Å². The molecular weight excluding hydrogens is 246 g/mol. The van der Waals surface area contributed by atoms with Crippen LogP contribution in [0.2, 0.25) is 0 Å². The molecule has 98 valence electrons. The van der Waals surface area contributed by atoms with Crippen LogP contribution in [0.4, 0.5) is 0 Å². The first-order valence-electron chi connectivity index (χ1n) is 5.81. The molecular formula is C14H19NO2S. The van der Waals surface area contributed by atoms with Crippen molar-refractivity contribution in [1.29, 1.82) is 0 Å². The van der Waals surface area contributed by atoms with Gasteiger partial charge in [-0.15, -0.1) is 0 Å². The van der Waals surface area contributed by atoms with Gasteiger partial charge in [-0.3, -0.25) is 0 Å². The van der Waals surface area contributed by atoms with Gasteiger partial charge in [0, 0.05) is 6.54 Å². The van der Waals surface area contributed by atoms with Gasteiger partial charge >= 0.3 is 0 Å². The molecule has 1 N–H and O–H groups in total. The Morgan fingerprint density at radius 1 is 1.28 bits per heavy atom. The van der Waals surface area contributed by atoms with E-state index >= 15 is 0 Å². The van der Waals surface area contributed by atoms with Crippen molar-refractivity contribution >= 4 is 10.0 Å². The minimum Gasteiger partial charge on any atom is -0.207 e. The molecule has 0 saturated carbocycles. The van der Waals surface area contributed by atoms with Crippen LogP contribution in [0.5, 0.6) is 0 Å². The maximum Gasteiger partial charge on any atom is 0.240 e. The normalized spacial score (nSPS) is 13.2. The SMILES string of the molecule is C/C=C(C)/C=C/CNS(=O)(=O)c1ccc(C)cc1. The summed E-state index contributed by atoms with van der Waals surface area (Å²) in [6.45, 7) is 6.12. The van der Waals surface area contributed by atoms with Crippen molar-refractivity contribution in [2.24, 2.45) is 0 Å². The molecule has 0 aliphatic heterocycles. The molecule has 4 heteroatoms. The molecule has 0 heterocycles. The Morgan fingerprint density at radius 3 is 2.44 bits per heavy atom. The summed E-state index contributed by atoms with van der Waals surface area (Å²) in [6, 6.07) is 6.79. The van der Waals surface area contributed by atoms with Gasteiger partial charge in [-0.1, -0.05) is 41.5 Å². The second-order valence-corrected chi connectivity index (χ2v) is 5.87. The Balaban J connectivity index is 2.66. The molecule has 0 spiro atoms. The predicted octanol–water partition coefficient (Wildman–Crippen LogP) is 2.80. The van der Waals surface area contributed by atoms with E-state index in [2.05, 4.69) is 4.72 Å². The lowest BCUT2D eigenvalue weighted by molar-refractivity contribution is 0.585. The van der Waals surface area contributed by atoms with Crippen LogP contribution in [-0.4, -0.2) is 15.0 Å². The van der Waals surface area contributed by atoms with Crippen LogP contribution in [0.15, 0.2) is 53.0 Å². The zero-order chi connectivity index (χ0) is 13.6. The number of rotatable bonds is 5. The van der Waals surface area contributed by atoms with Crippen molar-refractivity contribution in [3.05, 3.63) is 53.6 Å². The summed E-state index contributed by atoms with van der Waals surface area (Å²) in [5.41, 5.74) is 2.14. The van der Waals surface area contributed by atoms with Crippen molar-refractivity contribution in [3.63, 3.8) is 0 Å². The van der Waals surface area contributed by atoms with Gasteiger partial charge in [-0.05, 0) is 32.9 Å². The van der Waals surface area contributed by atoms with Gasteiger partial charge in [-0.25, -0.2) is 13.1 Å². The van der Waals surface area contributed by atoms with Gasteiger partial charge < -0.3 is 0 Å². The molecule has 0 radical (unpaired) electrons. The largest absolute Gasteiger partial charge is 0.240 e. The Bertz CT molecular complexity index is 540. The molecule has 3 nitrogen and oxygen atoms in total. The van der Waals surface area contributed by atoms with Crippen molar-refractivity contribution in [2.45, 2.75) is 25.7 Å². The Kier molecular flexibility index (Phi) is 5.31. The molecule has 0 aliphatic carbocycles. The third-order valence-electron chi connectivity index (χ3n) is 2.56. The van der Waals surface area contributed by atoms with Crippen molar-refractivity contribution < 1.29 is 8.42 Å². The van der Waals surface area contributed by atoms with Gasteiger partial charge in [0.1, 0.15) is 0 Å². The number of nitrogens with one attached hydrogen (secondary N) is 1. The number of benzene rings is 1. The zero-order valence-corrected chi connectivity index (χ0v) is 11.8. The fraction of sp³-hybridized carbons (Fsp3) is 0.286. The van der Waals surface area contributed by atoms with Crippen molar-refractivity contribution in [2.75, 3.05) is 6.54 Å². The molecule has 0 unspecified atom stereocenters. The topological polar surface area (TPSA) is 46.2 Å². The summed E-state index contributed by atoms with van der Waals surface area (Å²) >= 11 is 0. The van der Waals surface area contributed by atoms with E-state index in [-0.39, 0.29) is 0 Å². The van der Waals surface area contributed by atoms with E-state index in [1.165, 1.54) is 0 Å². The van der Waals surface area contributed by atoms with Gasteiger partial charge in [0.2, 0.25) is 10.0 Å². The van der Waals surface area contributed by atoms with E-state index in [1.807, 2.05) is 32.9 Å². The molecule has 1 aromatic rings. The summed E-state index contributed by atoms with van der Waals surface area (Å²) in [6.07, 6.45) is 5.64. The number of hydrogen-bond acceptors (Lipinski definition) is 2. The van der Waals surface area contributed by atoms with Crippen LogP contribution in [0.25, 0.3) is 0 Å². The molecule has 0 amide bonds. The zero-order valence-electron chi connectivity index (χ0n) is 11.0. The first kappa shape index (κ1) is 14.7. The molecule has 0 fully saturated rings. The fourth-order valence-corrected chi connectivity index (χ4v) is 2.28. The molecule has 18 heavy (non-hydrogen) atoms. The monoisotopic (exact) mass is 265 g/mol. The maximum atomic E-state index is 11.9. The third-order valence-corrected chi connectivity index (χ3v) is 4.00. The van der Waals surface area contributed by atoms with Crippen LogP contribution in [-0.2, 0) is 10.0 Å². The number of allylic oxidation sites excluding steroid dienone is 3. The van der Waals surface area contributed by atoms with Crippen LogP contribution >= 0.6 is 0 Å². The summed E-state index contributed by atoms with van der Waals surface area (Å²) in [5, 5.41) is 0. The minimum atomic E-state index is -3.40. The second kappa shape index (κ2) is 6.52. The molecule has 0 saturated heterocycles. The first-order valence-corrected chi connectivity index (χ1v) is 7.30. The summed E-state index contributed by atoms with van der Waals surface area (Å²) in [5.74, 6) is 0. The average Bonchev–Trinajstić information content (AvgIpc) is 2.35. The minimum absolute atomic E-state index is 0.293. The molecule has 0 bridgehead atoms. The molecule has 1 aromatic carbocycles. The van der Waals surface area contributed by atoms with Gasteiger partial charge in [0.15, 0.2) is 0 Å². The smallest absolute Gasteiger partial charge is 0.207 e. The van der Waals surface area contributed by atoms with Crippen LogP contribution in [0.3, 0.4) is 0 Å². The van der Waals surface area contributed by atoms with Crippen LogP contribution in [0.1, 0.15) is 19.4 Å². The highest BCUT2D eigenvalue weighted by Crippen LogP contribution is 2.09. The third kappa shape index (κ3) is 4.47. The first-order chi connectivity index (χ1) is 8.45. The molecule has 0 atom stereocenters. The second-order valence-electron chi connectivity index (χ2n) is 4.10. The standard InChI is InChI=1S/C14H19NO2S/c1-4-12(2)6-5-11-15-18(16,17)14-9-7-13(3)8-10-14/h4-10,15H,11H2,1-3H3/b6-5+,12-4+. The highest BCUT2D eigenvalue weighted by molar-refractivity contribution is 7.89. The van der Waals surface area contributed by atoms with Gasteiger partial charge in [0.25, 0.3) is 0 Å². The Hall–Kier alpha value is -1.39. The molecule has 0 aromatic heterocycles. The Labute approximate surface area is 109 Å². The van der Waals surface area contributed by atoms with E-state index < -0.39 is 10.0 Å².